The number of rotatable bonds is 4. The van der Waals surface area contributed by atoms with Gasteiger partial charge in [-0.1, -0.05) is 46.3 Å². The minimum Gasteiger partial charge on any atom is -0.373 e. The maximum absolute atomic E-state index is 14.6. The van der Waals surface area contributed by atoms with E-state index in [0.717, 1.165) is 57.8 Å². The molecule has 4 saturated carbocycles. The van der Waals surface area contributed by atoms with E-state index in [0.29, 0.717) is 24.6 Å². The molecule has 0 saturated heterocycles. The van der Waals surface area contributed by atoms with Gasteiger partial charge in [-0.05, 0) is 98.9 Å². The zero-order chi connectivity index (χ0) is 30.3. The van der Waals surface area contributed by atoms with Crippen molar-refractivity contribution in [2.45, 2.75) is 105 Å². The van der Waals surface area contributed by atoms with E-state index in [2.05, 4.69) is 51.0 Å². The Labute approximate surface area is 250 Å². The Kier molecular flexibility index (Phi) is 6.53. The zero-order valence-corrected chi connectivity index (χ0v) is 26.2. The zero-order valence-electron chi connectivity index (χ0n) is 26.2. The molecule has 0 aromatic rings. The molecule has 0 radical (unpaired) electrons. The van der Waals surface area contributed by atoms with Crippen molar-refractivity contribution in [1.29, 1.82) is 10.5 Å². The third-order valence-electron chi connectivity index (χ3n) is 13.3. The summed E-state index contributed by atoms with van der Waals surface area (Å²) in [5, 5.41) is 22.0. The number of nitriles is 2. The van der Waals surface area contributed by atoms with E-state index in [9.17, 15) is 14.9 Å². The van der Waals surface area contributed by atoms with Crippen molar-refractivity contribution in [3.8, 4) is 12.3 Å². The highest BCUT2D eigenvalue weighted by Crippen LogP contribution is 2.76. The molecule has 224 valence electrons. The summed E-state index contributed by atoms with van der Waals surface area (Å²) in [5.74, 6) is 0.978. The van der Waals surface area contributed by atoms with Gasteiger partial charge >= 0.3 is 0 Å². The number of nitrogens with zero attached hydrogens (tertiary/aromatic N) is 3. The second-order valence-corrected chi connectivity index (χ2v) is 15.8. The number of aliphatic imine (C=N–C) groups is 1. The molecule has 7 nitrogen and oxygen atoms in total. The lowest BCUT2D eigenvalue weighted by molar-refractivity contribution is -0.212. The van der Waals surface area contributed by atoms with Gasteiger partial charge in [0.2, 0.25) is 6.19 Å². The maximum atomic E-state index is 14.6. The van der Waals surface area contributed by atoms with E-state index < -0.39 is 10.8 Å². The van der Waals surface area contributed by atoms with Crippen molar-refractivity contribution < 1.29 is 14.3 Å². The number of Topliss-reactive ketones (excluding diaryl/α,β-unsaturated/α-hetero) is 1. The third-order valence-corrected chi connectivity index (χ3v) is 13.3. The fourth-order valence-electron chi connectivity index (χ4n) is 10.8. The quantitative estimate of drug-likeness (QED) is 0.186. The topological polar surface area (TPSA) is 115 Å². The average molecular weight is 571 g/mol. The SMILES string of the molecule is C/C(=N\C#N)NCCO[C@]12CCC(C)(C)C[C@H]1[C@H]1C(=O)C=C3[C@@]4(C)C=C(C#N)C(=O)C5(CC5)[C@@H]4CC[C@@]3(C)[C@]1(C)CC2. The van der Waals surface area contributed by atoms with Gasteiger partial charge in [0, 0.05) is 23.3 Å². The van der Waals surface area contributed by atoms with Crippen molar-refractivity contribution in [2.24, 2.45) is 49.8 Å². The molecule has 0 amide bonds. The number of amidine groups is 1. The Morgan fingerprint density at radius 3 is 2.43 bits per heavy atom. The van der Waals surface area contributed by atoms with Crippen molar-refractivity contribution in [1.82, 2.24) is 5.32 Å². The molecule has 1 N–H and O–H groups in total. The van der Waals surface area contributed by atoms with E-state index in [1.165, 1.54) is 5.57 Å². The van der Waals surface area contributed by atoms with E-state index in [-0.39, 0.29) is 51.2 Å². The van der Waals surface area contributed by atoms with Crippen LogP contribution in [0.2, 0.25) is 0 Å². The van der Waals surface area contributed by atoms with Gasteiger partial charge in [-0.3, -0.25) is 9.59 Å². The first kappa shape index (κ1) is 29.3. The standard InChI is InChI=1S/C35H46N4O3/c1-22(39-21-37)38-15-16-42-35-13-9-30(2,3)19-24(35)28-25(40)17-27-31(4)18-23(20-36)29(41)34(11-12-34)26(31)7-8-32(27,5)33(28,6)10-14-35/h17-18,24,26,28H,7-16,19H2,1-6H3,(H,38,39)/t24-,26+,28-,31-,32+,33+,35-/m0/s1. The first-order valence-electron chi connectivity index (χ1n) is 16.0. The average Bonchev–Trinajstić information content (AvgIpc) is 3.72. The minimum absolute atomic E-state index is 0.0375. The Balaban J connectivity index is 1.39. The molecule has 7 heteroatoms. The molecule has 0 unspecified atom stereocenters. The lowest BCUT2D eigenvalue weighted by atomic mass is 9.36. The normalized spacial score (nSPS) is 43.0. The molecule has 6 aliphatic rings. The highest BCUT2D eigenvalue weighted by molar-refractivity contribution is 6.06. The molecule has 6 aliphatic carbocycles. The molecule has 0 aliphatic heterocycles. The monoisotopic (exact) mass is 570 g/mol. The fourth-order valence-corrected chi connectivity index (χ4v) is 10.8. The number of hydrogen-bond donors (Lipinski definition) is 1. The maximum Gasteiger partial charge on any atom is 0.207 e. The van der Waals surface area contributed by atoms with Crippen LogP contribution in [0.1, 0.15) is 99.3 Å². The predicted octanol–water partition coefficient (Wildman–Crippen LogP) is 6.22. The number of nitrogens with one attached hydrogen (secondary N) is 1. The molecule has 1 spiro atoms. The Bertz CT molecular complexity index is 1410. The van der Waals surface area contributed by atoms with Crippen LogP contribution in [0, 0.1) is 67.6 Å². The number of ketones is 2. The third kappa shape index (κ3) is 3.88. The van der Waals surface area contributed by atoms with Crippen molar-refractivity contribution >= 4 is 17.4 Å². The Morgan fingerprint density at radius 2 is 1.76 bits per heavy atom. The second-order valence-electron chi connectivity index (χ2n) is 15.8. The summed E-state index contributed by atoms with van der Waals surface area (Å²) in [7, 11) is 0. The predicted molar refractivity (Wildman–Crippen MR) is 160 cm³/mol. The van der Waals surface area contributed by atoms with Crippen LogP contribution in [0.5, 0.6) is 0 Å². The fraction of sp³-hybridized carbons (Fsp3) is 0.743. The van der Waals surface area contributed by atoms with Gasteiger partial charge in [-0.15, -0.1) is 0 Å². The molecule has 4 fully saturated rings. The Hall–Kier alpha value is -2.77. The summed E-state index contributed by atoms with van der Waals surface area (Å²) in [5.41, 5.74) is -0.0618. The second kappa shape index (κ2) is 9.36. The van der Waals surface area contributed by atoms with E-state index >= 15 is 0 Å². The molecular formula is C35H46N4O3. The van der Waals surface area contributed by atoms with E-state index in [4.69, 9.17) is 10.00 Å². The van der Waals surface area contributed by atoms with E-state index in [1.807, 2.05) is 18.3 Å². The van der Waals surface area contributed by atoms with Crippen LogP contribution in [-0.2, 0) is 14.3 Å². The first-order valence-corrected chi connectivity index (χ1v) is 16.0. The summed E-state index contributed by atoms with van der Waals surface area (Å²) in [6.45, 7) is 14.5. The van der Waals surface area contributed by atoms with Gasteiger partial charge in [0.05, 0.1) is 17.8 Å². The van der Waals surface area contributed by atoms with Gasteiger partial charge in [-0.25, -0.2) is 0 Å². The largest absolute Gasteiger partial charge is 0.373 e. The van der Waals surface area contributed by atoms with Crippen LogP contribution < -0.4 is 5.32 Å². The molecule has 0 aromatic carbocycles. The number of allylic oxidation sites excluding steroid dienone is 4. The summed E-state index contributed by atoms with van der Waals surface area (Å²) >= 11 is 0. The Morgan fingerprint density at radius 1 is 1.05 bits per heavy atom. The van der Waals surface area contributed by atoms with Crippen LogP contribution in [-0.4, -0.2) is 36.2 Å². The lowest BCUT2D eigenvalue weighted by Crippen LogP contribution is -2.66. The number of carbonyl (C=O) groups excluding carboxylic acids is 2. The van der Waals surface area contributed by atoms with Crippen LogP contribution in [0.15, 0.2) is 28.3 Å². The van der Waals surface area contributed by atoms with Gasteiger partial charge in [0.1, 0.15) is 11.9 Å². The minimum atomic E-state index is -0.461. The highest BCUT2D eigenvalue weighted by Gasteiger charge is 2.72. The summed E-state index contributed by atoms with van der Waals surface area (Å²) in [6.07, 6.45) is 14.2. The van der Waals surface area contributed by atoms with Crippen LogP contribution in [0.4, 0.5) is 0 Å². The summed E-state index contributed by atoms with van der Waals surface area (Å²) in [6, 6.07) is 2.24. The molecular weight excluding hydrogens is 524 g/mol. The number of carbonyl (C=O) groups is 2. The van der Waals surface area contributed by atoms with Crippen molar-refractivity contribution in [3.63, 3.8) is 0 Å². The molecule has 0 heterocycles. The number of ether oxygens (including phenoxy) is 1. The van der Waals surface area contributed by atoms with E-state index in [1.54, 1.807) is 6.92 Å². The van der Waals surface area contributed by atoms with Crippen molar-refractivity contribution in [2.75, 3.05) is 13.2 Å². The van der Waals surface area contributed by atoms with Gasteiger partial charge in [0.15, 0.2) is 11.6 Å². The van der Waals surface area contributed by atoms with Crippen LogP contribution >= 0.6 is 0 Å². The smallest absolute Gasteiger partial charge is 0.207 e. The van der Waals surface area contributed by atoms with Crippen molar-refractivity contribution in [3.05, 3.63) is 23.3 Å². The molecule has 42 heavy (non-hydrogen) atoms. The highest BCUT2D eigenvalue weighted by atomic mass is 16.5. The molecule has 6 rings (SSSR count). The molecule has 0 bridgehead atoms. The summed E-state index contributed by atoms with van der Waals surface area (Å²) < 4.78 is 6.83. The van der Waals surface area contributed by atoms with Crippen LogP contribution in [0.25, 0.3) is 0 Å². The van der Waals surface area contributed by atoms with Gasteiger partial charge in [-0.2, -0.15) is 15.5 Å². The number of hydrogen-bond acceptors (Lipinski definition) is 6. The number of fused-ring (bicyclic) bond motifs is 8. The van der Waals surface area contributed by atoms with Gasteiger partial charge in [0.25, 0.3) is 0 Å². The summed E-state index contributed by atoms with van der Waals surface area (Å²) in [4.78, 5) is 31.7. The molecule has 7 atom stereocenters. The van der Waals surface area contributed by atoms with Gasteiger partial charge < -0.3 is 10.1 Å². The van der Waals surface area contributed by atoms with Crippen LogP contribution in [0.3, 0.4) is 0 Å². The lowest BCUT2D eigenvalue weighted by Gasteiger charge is -2.68. The molecule has 0 aromatic heterocycles. The first-order chi connectivity index (χ1) is 19.7.